The van der Waals surface area contributed by atoms with Gasteiger partial charge in [-0.05, 0) is 34.1 Å². The second-order valence-electron chi connectivity index (χ2n) is 4.61. The maximum Gasteiger partial charge on any atom is 0.239 e. The zero-order valence-electron chi connectivity index (χ0n) is 10.9. The second-order valence-corrected chi connectivity index (χ2v) is 5.47. The van der Waals surface area contributed by atoms with E-state index in [1.54, 1.807) is 32.4 Å². The summed E-state index contributed by atoms with van der Waals surface area (Å²) in [4.78, 5) is 13.9. The Morgan fingerprint density at radius 3 is 2.68 bits per heavy atom. The van der Waals surface area contributed by atoms with Crippen LogP contribution in [-0.4, -0.2) is 45.0 Å². The first-order chi connectivity index (χ1) is 9.04. The first kappa shape index (κ1) is 14.3. The minimum absolute atomic E-state index is 0.140. The molecule has 6 heteroatoms. The molecule has 1 aliphatic heterocycles. The molecule has 1 amide bonds. The summed E-state index contributed by atoms with van der Waals surface area (Å²) in [6.07, 6.45) is 0. The van der Waals surface area contributed by atoms with Gasteiger partial charge in [-0.3, -0.25) is 4.79 Å². The van der Waals surface area contributed by atoms with Gasteiger partial charge in [-0.15, -0.1) is 0 Å². The van der Waals surface area contributed by atoms with Gasteiger partial charge in [0.15, 0.2) is 0 Å². The normalized spacial score (nSPS) is 16.6. The second kappa shape index (κ2) is 5.48. The molecule has 1 saturated heterocycles. The van der Waals surface area contributed by atoms with Crippen LogP contribution in [-0.2, 0) is 9.53 Å². The number of hydrogen-bond donors (Lipinski definition) is 1. The number of hydrogen-bond acceptors (Lipinski definition) is 4. The van der Waals surface area contributed by atoms with E-state index in [2.05, 4.69) is 15.9 Å². The van der Waals surface area contributed by atoms with Crippen LogP contribution in [0.3, 0.4) is 0 Å². The molecule has 5 nitrogen and oxygen atoms in total. The summed E-state index contributed by atoms with van der Waals surface area (Å²) in [6, 6.07) is 5.39. The van der Waals surface area contributed by atoms with Crippen molar-refractivity contribution < 1.29 is 19.4 Å². The van der Waals surface area contributed by atoms with E-state index in [0.29, 0.717) is 5.75 Å². The minimum atomic E-state index is -0.791. The van der Waals surface area contributed by atoms with Gasteiger partial charge in [0.05, 0.1) is 31.4 Å². The molecule has 1 aromatic rings. The van der Waals surface area contributed by atoms with Gasteiger partial charge in [-0.2, -0.15) is 0 Å². The molecule has 1 heterocycles. The number of amides is 1. The fourth-order valence-electron chi connectivity index (χ4n) is 1.97. The fourth-order valence-corrected chi connectivity index (χ4v) is 2.50. The third-order valence-electron chi connectivity index (χ3n) is 3.34. The van der Waals surface area contributed by atoms with Gasteiger partial charge >= 0.3 is 0 Å². The Hall–Kier alpha value is -1.11. The lowest BCUT2D eigenvalue weighted by Gasteiger charge is -2.40. The Balaban J connectivity index is 2.22. The largest absolute Gasteiger partial charge is 0.496 e. The lowest BCUT2D eigenvalue weighted by atomic mass is 9.85. The maximum absolute atomic E-state index is 12.4. The quantitative estimate of drug-likeness (QED) is 0.907. The number of ether oxygens (including phenoxy) is 2. The van der Waals surface area contributed by atoms with E-state index in [-0.39, 0.29) is 25.7 Å². The van der Waals surface area contributed by atoms with E-state index in [1.165, 1.54) is 4.90 Å². The fraction of sp³-hybridized carbons (Fsp3) is 0.462. The highest BCUT2D eigenvalue weighted by molar-refractivity contribution is 9.10. The van der Waals surface area contributed by atoms with Gasteiger partial charge in [0.25, 0.3) is 0 Å². The number of benzene rings is 1. The number of nitrogens with zero attached hydrogens (tertiary/aromatic N) is 1. The van der Waals surface area contributed by atoms with Crippen molar-refractivity contribution in [2.24, 2.45) is 5.41 Å². The zero-order chi connectivity index (χ0) is 14.0. The molecule has 0 atom stereocenters. The van der Waals surface area contributed by atoms with Crippen molar-refractivity contribution in [3.8, 4) is 5.75 Å². The summed E-state index contributed by atoms with van der Waals surface area (Å²) in [6.45, 7) is 0.335. The van der Waals surface area contributed by atoms with Gasteiger partial charge in [0.2, 0.25) is 5.91 Å². The van der Waals surface area contributed by atoms with Crippen molar-refractivity contribution in [2.75, 3.05) is 38.9 Å². The van der Waals surface area contributed by atoms with Crippen molar-refractivity contribution in [3.05, 3.63) is 22.7 Å². The smallest absolute Gasteiger partial charge is 0.239 e. The topological polar surface area (TPSA) is 59.0 Å². The monoisotopic (exact) mass is 329 g/mol. The molecule has 0 spiro atoms. The molecule has 0 radical (unpaired) electrons. The van der Waals surface area contributed by atoms with E-state index in [1.807, 2.05) is 0 Å². The minimum Gasteiger partial charge on any atom is -0.496 e. The number of anilines is 1. The Labute approximate surface area is 120 Å². The van der Waals surface area contributed by atoms with Crippen LogP contribution in [0.15, 0.2) is 22.7 Å². The SMILES string of the molecule is COc1ccc(N(C)C(=O)C2(CO)COC2)cc1Br. The van der Waals surface area contributed by atoms with Crippen molar-refractivity contribution in [3.63, 3.8) is 0 Å². The summed E-state index contributed by atoms with van der Waals surface area (Å²) in [5.41, 5.74) is -0.0568. The Morgan fingerprint density at radius 1 is 1.58 bits per heavy atom. The molecule has 1 aromatic carbocycles. The molecule has 1 aliphatic rings. The average Bonchev–Trinajstić information content (AvgIpc) is 2.37. The van der Waals surface area contributed by atoms with Crippen molar-refractivity contribution in [2.45, 2.75) is 0 Å². The van der Waals surface area contributed by atoms with E-state index >= 15 is 0 Å². The standard InChI is InChI=1S/C13H16BrNO4/c1-15(12(17)13(6-16)7-19-8-13)9-3-4-11(18-2)10(14)5-9/h3-5,16H,6-8H2,1-2H3. The van der Waals surface area contributed by atoms with Crippen molar-refractivity contribution >= 4 is 27.5 Å². The molecule has 1 N–H and O–H groups in total. The van der Waals surface area contributed by atoms with Crippen LogP contribution in [0.4, 0.5) is 5.69 Å². The van der Waals surface area contributed by atoms with Crippen LogP contribution in [0.5, 0.6) is 5.75 Å². The summed E-state index contributed by atoms with van der Waals surface area (Å²) in [5.74, 6) is 0.562. The molecule has 2 rings (SSSR count). The molecule has 1 fully saturated rings. The number of aliphatic hydroxyl groups is 1. The summed E-state index contributed by atoms with van der Waals surface area (Å²) < 4.78 is 11.0. The van der Waals surface area contributed by atoms with Crippen molar-refractivity contribution in [1.82, 2.24) is 0 Å². The number of halogens is 1. The number of carbonyl (C=O) groups excluding carboxylic acids is 1. The number of carbonyl (C=O) groups is 1. The van der Waals surface area contributed by atoms with Gasteiger partial charge in [0.1, 0.15) is 11.2 Å². The van der Waals surface area contributed by atoms with Crippen LogP contribution < -0.4 is 9.64 Å². The van der Waals surface area contributed by atoms with Gasteiger partial charge in [-0.25, -0.2) is 0 Å². The van der Waals surface area contributed by atoms with Gasteiger partial charge < -0.3 is 19.5 Å². The molecule has 0 saturated carbocycles. The Kier molecular flexibility index (Phi) is 4.13. The summed E-state index contributed by atoms with van der Waals surface area (Å²) in [5, 5.41) is 9.38. The maximum atomic E-state index is 12.4. The van der Waals surface area contributed by atoms with Crippen LogP contribution in [0.25, 0.3) is 0 Å². The van der Waals surface area contributed by atoms with Crippen LogP contribution in [0.2, 0.25) is 0 Å². The highest BCUT2D eigenvalue weighted by atomic mass is 79.9. The first-order valence-corrected chi connectivity index (χ1v) is 6.64. The third kappa shape index (κ3) is 2.48. The molecular weight excluding hydrogens is 314 g/mol. The molecule has 0 unspecified atom stereocenters. The first-order valence-electron chi connectivity index (χ1n) is 5.84. The molecule has 0 aliphatic carbocycles. The van der Waals surface area contributed by atoms with Crippen LogP contribution >= 0.6 is 15.9 Å². The van der Waals surface area contributed by atoms with Crippen LogP contribution in [0, 0.1) is 5.41 Å². The number of rotatable bonds is 4. The Morgan fingerprint density at radius 2 is 2.26 bits per heavy atom. The summed E-state index contributed by atoms with van der Waals surface area (Å²) in [7, 11) is 3.27. The predicted molar refractivity (Wildman–Crippen MR) is 74.4 cm³/mol. The third-order valence-corrected chi connectivity index (χ3v) is 3.96. The molecular formula is C13H16BrNO4. The van der Waals surface area contributed by atoms with Crippen LogP contribution in [0.1, 0.15) is 0 Å². The predicted octanol–water partition coefficient (Wildman–Crippen LogP) is 1.43. The Bertz CT molecular complexity index is 482. The van der Waals surface area contributed by atoms with E-state index in [9.17, 15) is 9.90 Å². The molecule has 0 aromatic heterocycles. The number of methoxy groups -OCH3 is 1. The lowest BCUT2D eigenvalue weighted by Crippen LogP contribution is -2.56. The average molecular weight is 330 g/mol. The molecule has 19 heavy (non-hydrogen) atoms. The van der Waals surface area contributed by atoms with Gasteiger partial charge in [0, 0.05) is 12.7 Å². The van der Waals surface area contributed by atoms with E-state index in [4.69, 9.17) is 9.47 Å². The summed E-state index contributed by atoms with van der Waals surface area (Å²) >= 11 is 3.39. The number of aliphatic hydroxyl groups excluding tert-OH is 1. The molecule has 0 bridgehead atoms. The van der Waals surface area contributed by atoms with Crippen molar-refractivity contribution in [1.29, 1.82) is 0 Å². The highest BCUT2D eigenvalue weighted by Gasteiger charge is 2.47. The zero-order valence-corrected chi connectivity index (χ0v) is 12.4. The lowest BCUT2D eigenvalue weighted by molar-refractivity contribution is -0.166. The van der Waals surface area contributed by atoms with E-state index in [0.717, 1.165) is 10.2 Å². The highest BCUT2D eigenvalue weighted by Crippen LogP contribution is 2.33. The van der Waals surface area contributed by atoms with Gasteiger partial charge in [-0.1, -0.05) is 0 Å². The molecule has 104 valence electrons. The van der Waals surface area contributed by atoms with E-state index < -0.39 is 5.41 Å².